The van der Waals surface area contributed by atoms with Crippen molar-refractivity contribution in [1.29, 1.82) is 0 Å². The van der Waals surface area contributed by atoms with E-state index in [9.17, 15) is 4.39 Å². The van der Waals surface area contributed by atoms with Crippen LogP contribution in [0.4, 0.5) is 4.39 Å². The Morgan fingerprint density at radius 3 is 2.89 bits per heavy atom. The van der Waals surface area contributed by atoms with Gasteiger partial charge < -0.3 is 5.32 Å². The first kappa shape index (κ1) is 14.2. The second-order valence-electron chi connectivity index (χ2n) is 4.53. The molecular weight excluding hydrogens is 259 g/mol. The maximum Gasteiger partial charge on any atom is 0.141 e. The zero-order chi connectivity index (χ0) is 13.5. The predicted molar refractivity (Wildman–Crippen MR) is 77.9 cm³/mol. The molecule has 0 spiro atoms. The SMILES string of the molecule is CCCNC(CCc1cccs1)c1ccc(F)cn1. The molecule has 19 heavy (non-hydrogen) atoms. The summed E-state index contributed by atoms with van der Waals surface area (Å²) in [6.45, 7) is 3.09. The Labute approximate surface area is 117 Å². The van der Waals surface area contributed by atoms with Gasteiger partial charge >= 0.3 is 0 Å². The van der Waals surface area contributed by atoms with Gasteiger partial charge in [-0.2, -0.15) is 0 Å². The van der Waals surface area contributed by atoms with Gasteiger partial charge in [0.15, 0.2) is 0 Å². The summed E-state index contributed by atoms with van der Waals surface area (Å²) in [5.41, 5.74) is 0.923. The van der Waals surface area contributed by atoms with Crippen molar-refractivity contribution in [3.8, 4) is 0 Å². The third kappa shape index (κ3) is 4.40. The summed E-state index contributed by atoms with van der Waals surface area (Å²) < 4.78 is 12.9. The average Bonchev–Trinajstić information content (AvgIpc) is 2.93. The lowest BCUT2D eigenvalue weighted by atomic mass is 10.1. The summed E-state index contributed by atoms with van der Waals surface area (Å²) in [4.78, 5) is 5.58. The monoisotopic (exact) mass is 278 g/mol. The first-order valence-corrected chi connectivity index (χ1v) is 7.54. The molecule has 0 amide bonds. The third-order valence-electron chi connectivity index (χ3n) is 3.01. The van der Waals surface area contributed by atoms with E-state index in [-0.39, 0.29) is 11.9 Å². The van der Waals surface area contributed by atoms with E-state index in [2.05, 4.69) is 34.7 Å². The van der Waals surface area contributed by atoms with Gasteiger partial charge in [0.1, 0.15) is 5.82 Å². The van der Waals surface area contributed by atoms with Gasteiger partial charge in [0.05, 0.1) is 11.9 Å². The Bertz CT molecular complexity index is 467. The second-order valence-corrected chi connectivity index (χ2v) is 5.56. The summed E-state index contributed by atoms with van der Waals surface area (Å²) in [5.74, 6) is -0.281. The van der Waals surface area contributed by atoms with Crippen LogP contribution in [0.3, 0.4) is 0 Å². The van der Waals surface area contributed by atoms with Gasteiger partial charge in [-0.25, -0.2) is 4.39 Å². The summed E-state index contributed by atoms with van der Waals surface area (Å²) in [6.07, 6.45) is 4.38. The molecule has 2 heterocycles. The van der Waals surface area contributed by atoms with E-state index in [1.807, 2.05) is 0 Å². The standard InChI is InChI=1S/C15H19FN2S/c1-2-9-17-14(8-6-13-4-3-10-19-13)15-7-5-12(16)11-18-15/h3-5,7,10-11,14,17H,2,6,8-9H2,1H3. The lowest BCUT2D eigenvalue weighted by Crippen LogP contribution is -2.23. The summed E-state index contributed by atoms with van der Waals surface area (Å²) in [6, 6.07) is 7.68. The summed E-state index contributed by atoms with van der Waals surface area (Å²) >= 11 is 1.78. The minimum absolute atomic E-state index is 0.197. The van der Waals surface area contributed by atoms with E-state index in [4.69, 9.17) is 0 Å². The fourth-order valence-corrected chi connectivity index (χ4v) is 2.73. The predicted octanol–water partition coefficient (Wildman–Crippen LogP) is 3.96. The number of thiophene rings is 1. The maximum absolute atomic E-state index is 12.9. The quantitative estimate of drug-likeness (QED) is 0.829. The van der Waals surface area contributed by atoms with Gasteiger partial charge in [0, 0.05) is 10.9 Å². The van der Waals surface area contributed by atoms with Crippen molar-refractivity contribution in [3.05, 3.63) is 52.2 Å². The lowest BCUT2D eigenvalue weighted by Gasteiger charge is -2.17. The largest absolute Gasteiger partial charge is 0.309 e. The maximum atomic E-state index is 12.9. The second kappa shape index (κ2) is 7.36. The molecule has 0 saturated heterocycles. The minimum Gasteiger partial charge on any atom is -0.309 e. The van der Waals surface area contributed by atoms with Gasteiger partial charge in [0.25, 0.3) is 0 Å². The number of nitrogens with zero attached hydrogens (tertiary/aromatic N) is 1. The van der Waals surface area contributed by atoms with E-state index in [1.54, 1.807) is 17.4 Å². The number of halogens is 1. The van der Waals surface area contributed by atoms with E-state index in [1.165, 1.54) is 17.1 Å². The number of hydrogen-bond acceptors (Lipinski definition) is 3. The van der Waals surface area contributed by atoms with Crippen LogP contribution in [0, 0.1) is 5.82 Å². The fraction of sp³-hybridized carbons (Fsp3) is 0.400. The van der Waals surface area contributed by atoms with Gasteiger partial charge in [-0.1, -0.05) is 13.0 Å². The van der Waals surface area contributed by atoms with Gasteiger partial charge in [0.2, 0.25) is 0 Å². The molecule has 0 aliphatic heterocycles. The van der Waals surface area contributed by atoms with Gasteiger partial charge in [-0.3, -0.25) is 4.98 Å². The van der Waals surface area contributed by atoms with Crippen molar-refractivity contribution in [3.63, 3.8) is 0 Å². The van der Waals surface area contributed by atoms with Crippen LogP contribution in [0.2, 0.25) is 0 Å². The normalized spacial score (nSPS) is 12.5. The van der Waals surface area contributed by atoms with Crippen molar-refractivity contribution in [2.75, 3.05) is 6.54 Å². The zero-order valence-electron chi connectivity index (χ0n) is 11.1. The molecule has 0 aliphatic rings. The van der Waals surface area contributed by atoms with E-state index >= 15 is 0 Å². The van der Waals surface area contributed by atoms with E-state index in [0.717, 1.165) is 31.5 Å². The molecule has 0 aromatic carbocycles. The number of hydrogen-bond donors (Lipinski definition) is 1. The molecule has 2 aromatic rings. The highest BCUT2D eigenvalue weighted by Gasteiger charge is 2.12. The van der Waals surface area contributed by atoms with Crippen molar-refractivity contribution in [2.45, 2.75) is 32.2 Å². The van der Waals surface area contributed by atoms with Gasteiger partial charge in [-0.05, 0) is 49.4 Å². The average molecular weight is 278 g/mol. The van der Waals surface area contributed by atoms with Crippen LogP contribution in [0.5, 0.6) is 0 Å². The van der Waals surface area contributed by atoms with Gasteiger partial charge in [-0.15, -0.1) is 11.3 Å². The summed E-state index contributed by atoms with van der Waals surface area (Å²) in [7, 11) is 0. The van der Waals surface area contributed by atoms with Crippen molar-refractivity contribution in [1.82, 2.24) is 10.3 Å². The highest BCUT2D eigenvalue weighted by atomic mass is 32.1. The van der Waals surface area contributed by atoms with Crippen molar-refractivity contribution >= 4 is 11.3 Å². The molecular formula is C15H19FN2S. The Morgan fingerprint density at radius 2 is 2.26 bits per heavy atom. The number of aryl methyl sites for hydroxylation is 1. The van der Waals surface area contributed by atoms with E-state index < -0.39 is 0 Å². The minimum atomic E-state index is -0.281. The molecule has 0 saturated carbocycles. The number of rotatable bonds is 7. The molecule has 2 aromatic heterocycles. The smallest absolute Gasteiger partial charge is 0.141 e. The van der Waals surface area contributed by atoms with Crippen molar-refractivity contribution in [2.24, 2.45) is 0 Å². The number of pyridine rings is 1. The number of aromatic nitrogens is 1. The van der Waals surface area contributed by atoms with Crippen LogP contribution in [-0.4, -0.2) is 11.5 Å². The van der Waals surface area contributed by atoms with Crippen LogP contribution in [0.1, 0.15) is 36.4 Å². The van der Waals surface area contributed by atoms with Crippen LogP contribution in [0.25, 0.3) is 0 Å². The molecule has 0 fully saturated rings. The third-order valence-corrected chi connectivity index (χ3v) is 3.94. The molecule has 0 aliphatic carbocycles. The molecule has 1 N–H and O–H groups in total. The van der Waals surface area contributed by atoms with Crippen LogP contribution >= 0.6 is 11.3 Å². The molecule has 1 unspecified atom stereocenters. The molecule has 0 radical (unpaired) electrons. The number of nitrogens with one attached hydrogen (secondary N) is 1. The van der Waals surface area contributed by atoms with Crippen LogP contribution < -0.4 is 5.32 Å². The molecule has 2 rings (SSSR count). The molecule has 4 heteroatoms. The highest BCUT2D eigenvalue weighted by Crippen LogP contribution is 2.20. The molecule has 102 valence electrons. The Balaban J connectivity index is 2.00. The zero-order valence-corrected chi connectivity index (χ0v) is 11.9. The first-order valence-electron chi connectivity index (χ1n) is 6.67. The first-order chi connectivity index (χ1) is 9.29. The van der Waals surface area contributed by atoms with Crippen molar-refractivity contribution < 1.29 is 4.39 Å². The highest BCUT2D eigenvalue weighted by molar-refractivity contribution is 7.09. The van der Waals surface area contributed by atoms with E-state index in [0.29, 0.717) is 0 Å². The Morgan fingerprint density at radius 1 is 1.37 bits per heavy atom. The topological polar surface area (TPSA) is 24.9 Å². The molecule has 1 atom stereocenters. The Kier molecular flexibility index (Phi) is 5.48. The fourth-order valence-electron chi connectivity index (χ4n) is 2.01. The van der Waals surface area contributed by atoms with Crippen LogP contribution in [-0.2, 0) is 6.42 Å². The molecule has 2 nitrogen and oxygen atoms in total. The molecule has 0 bridgehead atoms. The Hall–Kier alpha value is -1.26. The van der Waals surface area contributed by atoms with Crippen LogP contribution in [0.15, 0.2) is 35.8 Å². The summed E-state index contributed by atoms with van der Waals surface area (Å²) in [5, 5.41) is 5.58. The lowest BCUT2D eigenvalue weighted by molar-refractivity contribution is 0.488.